The monoisotopic (exact) mass is 441 g/mol. The van der Waals surface area contributed by atoms with E-state index in [-0.39, 0.29) is 18.5 Å². The fourth-order valence-corrected chi connectivity index (χ4v) is 4.55. The highest BCUT2D eigenvalue weighted by molar-refractivity contribution is 6.00. The lowest BCUT2D eigenvalue weighted by Crippen LogP contribution is -2.29. The van der Waals surface area contributed by atoms with Gasteiger partial charge in [0.15, 0.2) is 11.5 Å². The van der Waals surface area contributed by atoms with Gasteiger partial charge in [-0.1, -0.05) is 48.0 Å². The van der Waals surface area contributed by atoms with E-state index in [0.717, 1.165) is 22.3 Å². The predicted molar refractivity (Wildman–Crippen MR) is 119 cm³/mol. The second kappa shape index (κ2) is 7.48. The number of rotatable bonds is 4. The van der Waals surface area contributed by atoms with Crippen LogP contribution in [-0.4, -0.2) is 27.8 Å². The summed E-state index contributed by atoms with van der Waals surface area (Å²) in [5, 5.41) is 7.41. The smallest absolute Gasteiger partial charge is 0.273 e. The Labute approximate surface area is 189 Å². The molecule has 0 bridgehead atoms. The number of aryl methyl sites for hydroxylation is 1. The number of nitrogens with zero attached hydrogens (tertiary/aromatic N) is 2. The van der Waals surface area contributed by atoms with Crippen LogP contribution < -0.4 is 9.47 Å². The molecule has 0 saturated carbocycles. The van der Waals surface area contributed by atoms with Crippen LogP contribution in [0.4, 0.5) is 4.39 Å². The number of nitrogens with one attached hydrogen (secondary N) is 1. The molecule has 0 fully saturated rings. The molecule has 0 spiro atoms. The Morgan fingerprint density at radius 2 is 1.88 bits per heavy atom. The number of aromatic amines is 1. The first kappa shape index (κ1) is 19.5. The van der Waals surface area contributed by atoms with E-state index >= 15 is 0 Å². The largest absolute Gasteiger partial charge is 0.454 e. The zero-order valence-electron chi connectivity index (χ0n) is 17.8. The van der Waals surface area contributed by atoms with Crippen LogP contribution in [0.15, 0.2) is 66.7 Å². The van der Waals surface area contributed by atoms with E-state index in [4.69, 9.17) is 9.47 Å². The second-order valence-corrected chi connectivity index (χ2v) is 8.31. The van der Waals surface area contributed by atoms with Crippen molar-refractivity contribution in [3.05, 3.63) is 100 Å². The summed E-state index contributed by atoms with van der Waals surface area (Å²) in [6.07, 6.45) is 0. The Morgan fingerprint density at radius 3 is 2.70 bits per heavy atom. The van der Waals surface area contributed by atoms with E-state index in [1.54, 1.807) is 11.0 Å². The molecule has 1 N–H and O–H groups in total. The summed E-state index contributed by atoms with van der Waals surface area (Å²) in [6, 6.07) is 19.5. The average Bonchev–Trinajstić information content (AvgIpc) is 3.51. The number of benzene rings is 3. The van der Waals surface area contributed by atoms with Crippen molar-refractivity contribution >= 4 is 5.91 Å². The van der Waals surface area contributed by atoms with Gasteiger partial charge in [0, 0.05) is 17.7 Å². The fourth-order valence-electron chi connectivity index (χ4n) is 4.55. The van der Waals surface area contributed by atoms with E-state index in [1.807, 2.05) is 55.5 Å². The van der Waals surface area contributed by atoms with Crippen LogP contribution in [0.25, 0.3) is 11.3 Å². The highest BCUT2D eigenvalue weighted by atomic mass is 19.1. The topological polar surface area (TPSA) is 67.5 Å². The molecule has 6 nitrogen and oxygen atoms in total. The standard InChI is InChI=1S/C26H20FN3O3/c1-15-5-8-17(9-6-15)23-22-24(29-28-23)26(31)30(25(22)18-3-2-4-19(27)12-18)13-16-7-10-20-21(11-16)33-14-32-20/h2-12,25H,13-14H2,1H3,(H,28,29). The number of H-pyrrole nitrogens is 1. The van der Waals surface area contributed by atoms with E-state index in [9.17, 15) is 9.18 Å². The van der Waals surface area contributed by atoms with Gasteiger partial charge in [0.05, 0.1) is 11.7 Å². The lowest BCUT2D eigenvalue weighted by atomic mass is 9.95. The molecule has 0 saturated heterocycles. The molecule has 4 aromatic rings. The summed E-state index contributed by atoms with van der Waals surface area (Å²) >= 11 is 0. The Balaban J connectivity index is 1.46. The molecular formula is C26H20FN3O3. The van der Waals surface area contributed by atoms with E-state index < -0.39 is 6.04 Å². The minimum absolute atomic E-state index is 0.178. The number of hydrogen-bond donors (Lipinski definition) is 1. The van der Waals surface area contributed by atoms with Crippen molar-refractivity contribution in [2.24, 2.45) is 0 Å². The van der Waals surface area contributed by atoms with Gasteiger partial charge in [0.2, 0.25) is 6.79 Å². The third-order valence-electron chi connectivity index (χ3n) is 6.14. The second-order valence-electron chi connectivity index (χ2n) is 8.31. The first-order valence-corrected chi connectivity index (χ1v) is 10.7. The first-order chi connectivity index (χ1) is 16.1. The molecule has 3 heterocycles. The van der Waals surface area contributed by atoms with Crippen molar-refractivity contribution in [3.8, 4) is 22.8 Å². The van der Waals surface area contributed by atoms with Crippen LogP contribution in [0.1, 0.15) is 38.8 Å². The van der Waals surface area contributed by atoms with Gasteiger partial charge in [0.25, 0.3) is 5.91 Å². The molecule has 33 heavy (non-hydrogen) atoms. The summed E-state index contributed by atoms with van der Waals surface area (Å²) in [5.74, 6) is 0.811. The molecule has 1 amide bonds. The minimum Gasteiger partial charge on any atom is -0.454 e. The van der Waals surface area contributed by atoms with Gasteiger partial charge < -0.3 is 14.4 Å². The third-order valence-corrected chi connectivity index (χ3v) is 6.14. The lowest BCUT2D eigenvalue weighted by molar-refractivity contribution is 0.0729. The van der Waals surface area contributed by atoms with Crippen molar-refractivity contribution in [1.29, 1.82) is 0 Å². The van der Waals surface area contributed by atoms with Crippen LogP contribution in [0.3, 0.4) is 0 Å². The molecular weight excluding hydrogens is 421 g/mol. The zero-order valence-corrected chi connectivity index (χ0v) is 17.8. The van der Waals surface area contributed by atoms with Gasteiger partial charge in [-0.3, -0.25) is 9.89 Å². The van der Waals surface area contributed by atoms with Crippen molar-refractivity contribution in [2.75, 3.05) is 6.79 Å². The fraction of sp³-hybridized carbons (Fsp3) is 0.154. The maximum Gasteiger partial charge on any atom is 0.273 e. The molecule has 6 rings (SSSR count). The number of halogens is 1. The number of aromatic nitrogens is 2. The lowest BCUT2D eigenvalue weighted by Gasteiger charge is -2.26. The normalized spacial score (nSPS) is 16.4. The minimum atomic E-state index is -0.483. The Hall–Kier alpha value is -4.13. The number of fused-ring (bicyclic) bond motifs is 2. The number of amides is 1. The van der Waals surface area contributed by atoms with Gasteiger partial charge in [0.1, 0.15) is 11.5 Å². The van der Waals surface area contributed by atoms with Gasteiger partial charge in [-0.2, -0.15) is 5.10 Å². The molecule has 0 radical (unpaired) electrons. The summed E-state index contributed by atoms with van der Waals surface area (Å²) in [7, 11) is 0. The van der Waals surface area contributed by atoms with Gasteiger partial charge in [-0.25, -0.2) is 4.39 Å². The van der Waals surface area contributed by atoms with Crippen molar-refractivity contribution in [2.45, 2.75) is 19.5 Å². The summed E-state index contributed by atoms with van der Waals surface area (Å²) in [6.45, 7) is 2.53. The Kier molecular flexibility index (Phi) is 4.43. The van der Waals surface area contributed by atoms with Crippen molar-refractivity contribution in [3.63, 3.8) is 0 Å². The summed E-state index contributed by atoms with van der Waals surface area (Å²) in [4.78, 5) is 15.3. The highest BCUT2D eigenvalue weighted by Crippen LogP contribution is 2.44. The maximum atomic E-state index is 14.2. The first-order valence-electron chi connectivity index (χ1n) is 10.7. The summed E-state index contributed by atoms with van der Waals surface area (Å²) < 4.78 is 25.1. The van der Waals surface area contributed by atoms with Crippen LogP contribution in [0, 0.1) is 12.7 Å². The highest BCUT2D eigenvalue weighted by Gasteiger charge is 2.42. The molecule has 164 valence electrons. The van der Waals surface area contributed by atoms with Gasteiger partial charge in [-0.15, -0.1) is 0 Å². The third kappa shape index (κ3) is 3.24. The van der Waals surface area contributed by atoms with Crippen molar-refractivity contribution in [1.82, 2.24) is 15.1 Å². The van der Waals surface area contributed by atoms with Crippen LogP contribution in [0.2, 0.25) is 0 Å². The molecule has 2 aliphatic heterocycles. The number of ether oxygens (including phenoxy) is 2. The van der Waals surface area contributed by atoms with Crippen molar-refractivity contribution < 1.29 is 18.7 Å². The molecule has 7 heteroatoms. The number of hydrogen-bond acceptors (Lipinski definition) is 4. The van der Waals surface area contributed by atoms with Crippen LogP contribution >= 0.6 is 0 Å². The van der Waals surface area contributed by atoms with Gasteiger partial charge >= 0.3 is 0 Å². The molecule has 2 aliphatic rings. The molecule has 1 aromatic heterocycles. The number of carbonyl (C=O) groups excluding carboxylic acids is 1. The molecule has 1 unspecified atom stereocenters. The Morgan fingerprint density at radius 1 is 1.06 bits per heavy atom. The van der Waals surface area contributed by atoms with E-state index in [1.165, 1.54) is 12.1 Å². The van der Waals surface area contributed by atoms with E-state index in [2.05, 4.69) is 10.2 Å². The number of carbonyl (C=O) groups is 1. The quantitative estimate of drug-likeness (QED) is 0.484. The van der Waals surface area contributed by atoms with E-state index in [0.29, 0.717) is 35.0 Å². The van der Waals surface area contributed by atoms with Crippen LogP contribution in [0.5, 0.6) is 11.5 Å². The zero-order chi connectivity index (χ0) is 22.5. The van der Waals surface area contributed by atoms with Crippen LogP contribution in [-0.2, 0) is 6.54 Å². The SMILES string of the molecule is Cc1ccc(-c2n[nH]c3c2C(c2cccc(F)c2)N(Cc2ccc4c(c2)OCO4)C3=O)cc1. The van der Waals surface area contributed by atoms with Gasteiger partial charge in [-0.05, 0) is 42.3 Å². The predicted octanol–water partition coefficient (Wildman–Crippen LogP) is 5.00. The molecule has 1 atom stereocenters. The summed E-state index contributed by atoms with van der Waals surface area (Å²) in [5.41, 5.74) is 5.50. The maximum absolute atomic E-state index is 14.2. The molecule has 0 aliphatic carbocycles. The Bertz CT molecular complexity index is 1380. The molecule has 3 aromatic carbocycles. The average molecular weight is 441 g/mol.